The molecule has 0 bridgehead atoms. The molecule has 1 aromatic carbocycles. The Morgan fingerprint density at radius 2 is 1.76 bits per heavy atom. The highest BCUT2D eigenvalue weighted by atomic mass is 16.5. The van der Waals surface area contributed by atoms with Gasteiger partial charge in [0.1, 0.15) is 28.9 Å². The number of hydrogen-bond donors (Lipinski definition) is 0. The van der Waals surface area contributed by atoms with Crippen molar-refractivity contribution in [2.24, 2.45) is 0 Å². The second kappa shape index (κ2) is 7.80. The average Bonchev–Trinajstić information content (AvgIpc) is 2.51. The molecule has 0 saturated carbocycles. The van der Waals surface area contributed by atoms with Crippen LogP contribution in [0.25, 0.3) is 6.08 Å². The number of nitriles is 1. The van der Waals surface area contributed by atoms with Gasteiger partial charge in [-0.3, -0.25) is 0 Å². The van der Waals surface area contributed by atoms with E-state index in [0.29, 0.717) is 22.8 Å². The highest BCUT2D eigenvalue weighted by Gasteiger charge is 2.16. The first-order chi connectivity index (χ1) is 10.1. The number of esters is 1. The van der Waals surface area contributed by atoms with Crippen LogP contribution in [0, 0.1) is 11.3 Å². The van der Waals surface area contributed by atoms with Gasteiger partial charge in [-0.1, -0.05) is 0 Å². The lowest BCUT2D eigenvalue weighted by Crippen LogP contribution is -2.06. The Balaban J connectivity index is 3.40. The predicted molar refractivity (Wildman–Crippen MR) is 76.3 cm³/mol. The first kappa shape index (κ1) is 16.4. The third kappa shape index (κ3) is 3.89. The molecule has 0 radical (unpaired) electrons. The molecule has 0 aliphatic rings. The third-order valence-electron chi connectivity index (χ3n) is 2.66. The molecule has 0 spiro atoms. The van der Waals surface area contributed by atoms with E-state index in [0.717, 1.165) is 0 Å². The minimum absolute atomic E-state index is 0.140. The zero-order valence-electron chi connectivity index (χ0n) is 12.4. The monoisotopic (exact) mass is 291 g/mol. The largest absolute Gasteiger partial charge is 0.496 e. The number of nitrogens with zero attached hydrogens (tertiary/aromatic N) is 1. The zero-order valence-corrected chi connectivity index (χ0v) is 12.4. The quantitative estimate of drug-likeness (QED) is 0.454. The molecule has 6 nitrogen and oxygen atoms in total. The van der Waals surface area contributed by atoms with Crippen LogP contribution in [0.15, 0.2) is 17.7 Å². The first-order valence-electron chi connectivity index (χ1n) is 6.20. The summed E-state index contributed by atoms with van der Waals surface area (Å²) in [5.41, 5.74) is 0.323. The molecule has 0 fully saturated rings. The summed E-state index contributed by atoms with van der Waals surface area (Å²) in [4.78, 5) is 11.7. The van der Waals surface area contributed by atoms with E-state index in [2.05, 4.69) is 0 Å². The van der Waals surface area contributed by atoms with Gasteiger partial charge in [0.25, 0.3) is 0 Å². The summed E-state index contributed by atoms with van der Waals surface area (Å²) < 4.78 is 20.5. The Morgan fingerprint density at radius 1 is 1.19 bits per heavy atom. The Labute approximate surface area is 123 Å². The number of carbonyl (C=O) groups is 1. The molecule has 1 aromatic rings. The third-order valence-corrected chi connectivity index (χ3v) is 2.66. The molecule has 6 heteroatoms. The normalized spacial score (nSPS) is 10.5. The SMILES string of the molecule is CCOC(=O)/C(C#N)=C\c1c(OC)cc(OC)cc1OC. The molecule has 0 atom stereocenters. The number of hydrogen-bond acceptors (Lipinski definition) is 6. The van der Waals surface area contributed by atoms with Gasteiger partial charge in [-0.25, -0.2) is 4.79 Å². The van der Waals surface area contributed by atoms with E-state index in [-0.39, 0.29) is 12.2 Å². The minimum atomic E-state index is -0.695. The Kier molecular flexibility index (Phi) is 6.08. The van der Waals surface area contributed by atoms with Gasteiger partial charge >= 0.3 is 5.97 Å². The fourth-order valence-corrected chi connectivity index (χ4v) is 1.66. The summed E-state index contributed by atoms with van der Waals surface area (Å²) in [6.45, 7) is 1.86. The van der Waals surface area contributed by atoms with Crippen LogP contribution in [0.1, 0.15) is 12.5 Å². The standard InChI is InChI=1S/C15H17NO5/c1-5-21-15(17)10(9-16)6-12-13(19-3)7-11(18-2)8-14(12)20-4/h6-8H,5H2,1-4H3/b10-6-. The van der Waals surface area contributed by atoms with Crippen LogP contribution >= 0.6 is 0 Å². The molecule has 0 N–H and O–H groups in total. The van der Waals surface area contributed by atoms with Gasteiger partial charge in [-0.05, 0) is 13.0 Å². The van der Waals surface area contributed by atoms with E-state index in [1.165, 1.54) is 27.4 Å². The highest BCUT2D eigenvalue weighted by Crippen LogP contribution is 2.35. The average molecular weight is 291 g/mol. The summed E-state index contributed by atoms with van der Waals surface area (Å²) in [7, 11) is 4.47. The maximum atomic E-state index is 11.7. The maximum absolute atomic E-state index is 11.7. The molecule has 0 unspecified atom stereocenters. The summed E-state index contributed by atoms with van der Waals surface area (Å²) in [5.74, 6) is 0.682. The van der Waals surface area contributed by atoms with Crippen molar-refractivity contribution in [1.29, 1.82) is 5.26 Å². The van der Waals surface area contributed by atoms with Crippen molar-refractivity contribution in [1.82, 2.24) is 0 Å². The van der Waals surface area contributed by atoms with Crippen LogP contribution in [0.4, 0.5) is 0 Å². The van der Waals surface area contributed by atoms with E-state index >= 15 is 0 Å². The molecule has 0 aliphatic carbocycles. The fraction of sp³-hybridized carbons (Fsp3) is 0.333. The summed E-state index contributed by atoms with van der Waals surface area (Å²) >= 11 is 0. The second-order valence-electron chi connectivity index (χ2n) is 3.84. The van der Waals surface area contributed by atoms with Crippen LogP contribution in [-0.4, -0.2) is 33.9 Å². The Bertz CT molecular complexity index is 561. The molecule has 0 heterocycles. The molecule has 0 saturated heterocycles. The van der Waals surface area contributed by atoms with Gasteiger partial charge in [0.05, 0.1) is 33.5 Å². The lowest BCUT2D eigenvalue weighted by atomic mass is 10.1. The molecule has 112 valence electrons. The smallest absolute Gasteiger partial charge is 0.348 e. The highest BCUT2D eigenvalue weighted by molar-refractivity contribution is 5.98. The molecule has 0 aliphatic heterocycles. The van der Waals surface area contributed by atoms with Crippen LogP contribution in [0.2, 0.25) is 0 Å². The summed E-state index contributed by atoms with van der Waals surface area (Å²) in [5, 5.41) is 9.09. The van der Waals surface area contributed by atoms with Crippen molar-refractivity contribution < 1.29 is 23.7 Å². The van der Waals surface area contributed by atoms with Crippen molar-refractivity contribution >= 4 is 12.0 Å². The number of carbonyl (C=O) groups excluding carboxylic acids is 1. The van der Waals surface area contributed by atoms with Gasteiger partial charge in [-0.2, -0.15) is 5.26 Å². The van der Waals surface area contributed by atoms with Crippen molar-refractivity contribution in [3.05, 3.63) is 23.3 Å². The van der Waals surface area contributed by atoms with Gasteiger partial charge in [0, 0.05) is 12.1 Å². The summed E-state index contributed by atoms with van der Waals surface area (Å²) in [6, 6.07) is 5.08. The van der Waals surface area contributed by atoms with Crippen molar-refractivity contribution in [3.63, 3.8) is 0 Å². The minimum Gasteiger partial charge on any atom is -0.496 e. The van der Waals surface area contributed by atoms with E-state index in [9.17, 15) is 4.79 Å². The number of methoxy groups -OCH3 is 3. The van der Waals surface area contributed by atoms with Crippen molar-refractivity contribution in [2.75, 3.05) is 27.9 Å². The van der Waals surface area contributed by atoms with E-state index in [1.54, 1.807) is 19.1 Å². The van der Waals surface area contributed by atoms with Crippen molar-refractivity contribution in [3.8, 4) is 23.3 Å². The van der Waals surface area contributed by atoms with Crippen LogP contribution in [-0.2, 0) is 9.53 Å². The number of rotatable bonds is 6. The molecule has 21 heavy (non-hydrogen) atoms. The van der Waals surface area contributed by atoms with E-state index in [4.69, 9.17) is 24.2 Å². The lowest BCUT2D eigenvalue weighted by Gasteiger charge is -2.12. The van der Waals surface area contributed by atoms with Crippen LogP contribution in [0.5, 0.6) is 17.2 Å². The predicted octanol–water partition coefficient (Wildman–Crippen LogP) is 2.18. The summed E-state index contributed by atoms with van der Waals surface area (Å²) in [6.07, 6.45) is 1.37. The van der Waals surface area contributed by atoms with Crippen LogP contribution < -0.4 is 14.2 Å². The van der Waals surface area contributed by atoms with Crippen molar-refractivity contribution in [2.45, 2.75) is 6.92 Å². The van der Waals surface area contributed by atoms with E-state index in [1.807, 2.05) is 6.07 Å². The van der Waals surface area contributed by atoms with Gasteiger partial charge in [0.15, 0.2) is 0 Å². The second-order valence-corrected chi connectivity index (χ2v) is 3.84. The zero-order chi connectivity index (χ0) is 15.8. The molecular formula is C15H17NO5. The molecule has 1 rings (SSSR count). The lowest BCUT2D eigenvalue weighted by molar-refractivity contribution is -0.137. The number of benzene rings is 1. The Morgan fingerprint density at radius 3 is 2.14 bits per heavy atom. The first-order valence-corrected chi connectivity index (χ1v) is 6.20. The van der Waals surface area contributed by atoms with Gasteiger partial charge in [0.2, 0.25) is 0 Å². The van der Waals surface area contributed by atoms with E-state index < -0.39 is 5.97 Å². The molecule has 0 aromatic heterocycles. The Hall–Kier alpha value is -2.68. The fourth-order valence-electron chi connectivity index (χ4n) is 1.66. The molecule has 0 amide bonds. The van der Waals surface area contributed by atoms with Gasteiger partial charge in [-0.15, -0.1) is 0 Å². The van der Waals surface area contributed by atoms with Crippen LogP contribution in [0.3, 0.4) is 0 Å². The van der Waals surface area contributed by atoms with Gasteiger partial charge < -0.3 is 18.9 Å². The maximum Gasteiger partial charge on any atom is 0.348 e. The number of ether oxygens (including phenoxy) is 4. The molecular weight excluding hydrogens is 274 g/mol. The topological polar surface area (TPSA) is 77.8 Å².